The van der Waals surface area contributed by atoms with Crippen LogP contribution in [0.25, 0.3) is 0 Å². The van der Waals surface area contributed by atoms with Crippen LogP contribution in [-0.2, 0) is 0 Å². The van der Waals surface area contributed by atoms with Crippen LogP contribution in [0.4, 0.5) is 0 Å². The maximum Gasteiger partial charge on any atom is 0.255 e. The lowest BCUT2D eigenvalue weighted by molar-refractivity contribution is 0.0472. The van der Waals surface area contributed by atoms with Gasteiger partial charge in [0.05, 0.1) is 17.7 Å². The van der Waals surface area contributed by atoms with E-state index in [2.05, 4.69) is 22.6 Å². The van der Waals surface area contributed by atoms with Crippen molar-refractivity contribution in [2.45, 2.75) is 19.4 Å². The molecule has 1 aromatic rings. The van der Waals surface area contributed by atoms with Crippen molar-refractivity contribution in [2.75, 3.05) is 13.7 Å². The predicted molar refractivity (Wildman–Crippen MR) is 72.4 cm³/mol. The van der Waals surface area contributed by atoms with E-state index in [1.54, 1.807) is 18.0 Å². The number of aliphatic hydroxyl groups is 1. The largest absolute Gasteiger partial charge is 0.394 e. The minimum Gasteiger partial charge on any atom is -0.394 e. The van der Waals surface area contributed by atoms with Crippen LogP contribution in [0.1, 0.15) is 24.2 Å². The van der Waals surface area contributed by atoms with Gasteiger partial charge in [-0.2, -0.15) is 0 Å². The Bertz CT molecular complexity index is 390. The van der Waals surface area contributed by atoms with Crippen molar-refractivity contribution < 1.29 is 9.90 Å². The van der Waals surface area contributed by atoms with Crippen LogP contribution >= 0.6 is 22.6 Å². The second-order valence-electron chi connectivity index (χ2n) is 4.31. The molecule has 0 bridgehead atoms. The van der Waals surface area contributed by atoms with E-state index in [0.717, 1.165) is 3.57 Å². The molecule has 0 spiro atoms. The maximum atomic E-state index is 12.2. The standard InChI is InChI=1S/C12H16INO2/c1-12(2,8-15)14(3)11(16)9-6-4-5-7-10(9)13/h4-7,15H,8H2,1-3H3. The Hall–Kier alpha value is -0.620. The molecule has 0 heterocycles. The molecule has 88 valence electrons. The number of amides is 1. The fourth-order valence-electron chi connectivity index (χ4n) is 1.20. The molecule has 1 rings (SSSR count). The van der Waals surface area contributed by atoms with Crippen LogP contribution < -0.4 is 0 Å². The highest BCUT2D eigenvalue weighted by Gasteiger charge is 2.28. The van der Waals surface area contributed by atoms with Gasteiger partial charge in [-0.1, -0.05) is 12.1 Å². The lowest BCUT2D eigenvalue weighted by Gasteiger charge is -2.34. The maximum absolute atomic E-state index is 12.2. The number of carbonyl (C=O) groups excluding carboxylic acids is 1. The van der Waals surface area contributed by atoms with Crippen LogP contribution in [0.15, 0.2) is 24.3 Å². The number of likely N-dealkylation sites (N-methyl/N-ethyl adjacent to an activating group) is 1. The number of benzene rings is 1. The second-order valence-corrected chi connectivity index (χ2v) is 5.48. The quantitative estimate of drug-likeness (QED) is 0.861. The highest BCUT2D eigenvalue weighted by molar-refractivity contribution is 14.1. The lowest BCUT2D eigenvalue weighted by atomic mass is 10.0. The number of hydrogen-bond donors (Lipinski definition) is 1. The van der Waals surface area contributed by atoms with Crippen molar-refractivity contribution in [1.29, 1.82) is 0 Å². The molecule has 0 aliphatic rings. The molecule has 16 heavy (non-hydrogen) atoms. The zero-order valence-corrected chi connectivity index (χ0v) is 11.9. The van der Waals surface area contributed by atoms with Gasteiger partial charge in [0.15, 0.2) is 0 Å². The Morgan fingerprint density at radius 3 is 2.50 bits per heavy atom. The Labute approximate surface area is 110 Å². The zero-order chi connectivity index (χ0) is 12.3. The van der Waals surface area contributed by atoms with E-state index in [1.165, 1.54) is 0 Å². The molecule has 0 aromatic heterocycles. The normalized spacial score (nSPS) is 11.3. The summed E-state index contributed by atoms with van der Waals surface area (Å²) in [6.45, 7) is 3.61. The summed E-state index contributed by atoms with van der Waals surface area (Å²) in [5, 5.41) is 9.23. The fourth-order valence-corrected chi connectivity index (χ4v) is 1.81. The lowest BCUT2D eigenvalue weighted by Crippen LogP contribution is -2.47. The summed E-state index contributed by atoms with van der Waals surface area (Å²) in [5.41, 5.74) is 0.128. The Morgan fingerprint density at radius 1 is 1.44 bits per heavy atom. The molecule has 1 N–H and O–H groups in total. The monoisotopic (exact) mass is 333 g/mol. The van der Waals surface area contributed by atoms with Crippen LogP contribution in [-0.4, -0.2) is 35.1 Å². The SMILES string of the molecule is CN(C(=O)c1ccccc1I)C(C)(C)CO. The van der Waals surface area contributed by atoms with E-state index < -0.39 is 5.54 Å². The molecule has 0 radical (unpaired) electrons. The van der Waals surface area contributed by atoms with Gasteiger partial charge in [0.1, 0.15) is 0 Å². The molecule has 0 atom stereocenters. The van der Waals surface area contributed by atoms with E-state index in [4.69, 9.17) is 0 Å². The molecular formula is C12H16INO2. The van der Waals surface area contributed by atoms with E-state index in [9.17, 15) is 9.90 Å². The average molecular weight is 333 g/mol. The molecule has 0 fully saturated rings. The van der Waals surface area contributed by atoms with Crippen molar-refractivity contribution in [1.82, 2.24) is 4.90 Å². The first kappa shape index (κ1) is 13.4. The first-order chi connectivity index (χ1) is 7.40. The van der Waals surface area contributed by atoms with Gasteiger partial charge in [0.25, 0.3) is 5.91 Å². The van der Waals surface area contributed by atoms with Gasteiger partial charge in [-0.05, 0) is 48.6 Å². The highest BCUT2D eigenvalue weighted by Crippen LogP contribution is 2.18. The summed E-state index contributed by atoms with van der Waals surface area (Å²) in [7, 11) is 1.71. The number of nitrogens with zero attached hydrogens (tertiary/aromatic N) is 1. The van der Waals surface area contributed by atoms with Crippen LogP contribution in [0, 0.1) is 3.57 Å². The Kier molecular flexibility index (Phi) is 4.32. The number of halogens is 1. The van der Waals surface area contributed by atoms with Crippen LogP contribution in [0.5, 0.6) is 0 Å². The minimum atomic E-state index is -0.546. The van der Waals surface area contributed by atoms with Crippen molar-refractivity contribution in [2.24, 2.45) is 0 Å². The summed E-state index contributed by atoms with van der Waals surface area (Å²) >= 11 is 2.14. The summed E-state index contributed by atoms with van der Waals surface area (Å²) in [6, 6.07) is 7.44. The van der Waals surface area contributed by atoms with Gasteiger partial charge in [-0.3, -0.25) is 4.79 Å². The molecule has 1 aromatic carbocycles. The molecule has 3 nitrogen and oxygen atoms in total. The Morgan fingerprint density at radius 2 is 2.00 bits per heavy atom. The number of hydrogen-bond acceptors (Lipinski definition) is 2. The van der Waals surface area contributed by atoms with Gasteiger partial charge in [-0.25, -0.2) is 0 Å². The van der Waals surface area contributed by atoms with Gasteiger partial charge < -0.3 is 10.0 Å². The smallest absolute Gasteiger partial charge is 0.255 e. The van der Waals surface area contributed by atoms with Crippen molar-refractivity contribution in [3.8, 4) is 0 Å². The third-order valence-electron chi connectivity index (χ3n) is 2.70. The number of aliphatic hydroxyl groups excluding tert-OH is 1. The second kappa shape index (κ2) is 5.14. The molecule has 0 aliphatic carbocycles. The highest BCUT2D eigenvalue weighted by atomic mass is 127. The van der Waals surface area contributed by atoms with Crippen LogP contribution in [0.2, 0.25) is 0 Å². The number of rotatable bonds is 3. The fraction of sp³-hybridized carbons (Fsp3) is 0.417. The van der Waals surface area contributed by atoms with E-state index in [-0.39, 0.29) is 12.5 Å². The summed E-state index contributed by atoms with van der Waals surface area (Å²) < 4.78 is 0.922. The van der Waals surface area contributed by atoms with Crippen molar-refractivity contribution in [3.05, 3.63) is 33.4 Å². The first-order valence-electron chi connectivity index (χ1n) is 5.03. The number of carbonyl (C=O) groups is 1. The summed E-state index contributed by atoms with van der Waals surface area (Å²) in [5.74, 6) is -0.0657. The average Bonchev–Trinajstić information content (AvgIpc) is 2.27. The van der Waals surface area contributed by atoms with E-state index in [1.807, 2.05) is 32.0 Å². The predicted octanol–water partition coefficient (Wildman–Crippen LogP) is 2.13. The summed E-state index contributed by atoms with van der Waals surface area (Å²) in [6.07, 6.45) is 0. The third-order valence-corrected chi connectivity index (χ3v) is 3.64. The van der Waals surface area contributed by atoms with E-state index in [0.29, 0.717) is 5.56 Å². The molecule has 0 aliphatic heterocycles. The van der Waals surface area contributed by atoms with Crippen LogP contribution in [0.3, 0.4) is 0 Å². The van der Waals surface area contributed by atoms with Crippen molar-refractivity contribution >= 4 is 28.5 Å². The molecule has 1 amide bonds. The Balaban J connectivity index is 3.00. The van der Waals surface area contributed by atoms with E-state index >= 15 is 0 Å². The molecular weight excluding hydrogens is 317 g/mol. The zero-order valence-electron chi connectivity index (χ0n) is 9.70. The minimum absolute atomic E-state index is 0.0569. The molecule has 4 heteroatoms. The van der Waals surface area contributed by atoms with Gasteiger partial charge >= 0.3 is 0 Å². The molecule has 0 saturated heterocycles. The van der Waals surface area contributed by atoms with Gasteiger partial charge in [0.2, 0.25) is 0 Å². The third kappa shape index (κ3) is 2.74. The summed E-state index contributed by atoms with van der Waals surface area (Å²) in [4.78, 5) is 13.8. The molecule has 0 unspecified atom stereocenters. The topological polar surface area (TPSA) is 40.5 Å². The van der Waals surface area contributed by atoms with Crippen molar-refractivity contribution in [3.63, 3.8) is 0 Å². The molecule has 0 saturated carbocycles. The van der Waals surface area contributed by atoms with Gasteiger partial charge in [0, 0.05) is 10.6 Å². The van der Waals surface area contributed by atoms with Gasteiger partial charge in [-0.15, -0.1) is 0 Å². The first-order valence-corrected chi connectivity index (χ1v) is 6.11.